The molecule has 3 rings (SSSR count). The van der Waals surface area contributed by atoms with Crippen LogP contribution in [0.25, 0.3) is 0 Å². The summed E-state index contributed by atoms with van der Waals surface area (Å²) in [6.45, 7) is 0. The van der Waals surface area contributed by atoms with Gasteiger partial charge < -0.3 is 5.32 Å². The van der Waals surface area contributed by atoms with Gasteiger partial charge in [0, 0.05) is 22.1 Å². The van der Waals surface area contributed by atoms with Crippen molar-refractivity contribution in [2.75, 3.05) is 10.2 Å². The fraction of sp³-hybridized carbons (Fsp3) is 0. The number of rotatable bonds is 3. The Morgan fingerprint density at radius 3 is 2.04 bits per heavy atom. The van der Waals surface area contributed by atoms with E-state index in [1.54, 1.807) is 0 Å². The number of halogens is 1. The Balaban J connectivity index is 1.97. The number of benzene rings is 3. The molecule has 0 amide bonds. The van der Waals surface area contributed by atoms with Crippen molar-refractivity contribution in [1.29, 1.82) is 0 Å². The summed E-state index contributed by atoms with van der Waals surface area (Å²) in [4.78, 5) is 1.97. The lowest BCUT2D eigenvalue weighted by atomic mass is 10.2. The average molecular weight is 339 g/mol. The number of anilines is 3. The van der Waals surface area contributed by atoms with E-state index in [1.807, 2.05) is 89.8 Å². The molecule has 0 saturated carbocycles. The number of nitrogens with zero attached hydrogens (tertiary/aromatic N) is 1. The average Bonchev–Trinajstić information content (AvgIpc) is 2.57. The van der Waals surface area contributed by atoms with Crippen LogP contribution in [0.4, 0.5) is 17.1 Å². The van der Waals surface area contributed by atoms with Gasteiger partial charge in [-0.2, -0.15) is 0 Å². The summed E-state index contributed by atoms with van der Waals surface area (Å²) < 4.78 is 0. The number of nitrogens with one attached hydrogen (secondary N) is 1. The molecule has 0 aromatic heterocycles. The van der Waals surface area contributed by atoms with E-state index in [-0.39, 0.29) is 0 Å². The molecule has 0 bridgehead atoms. The Labute approximate surface area is 146 Å². The zero-order chi connectivity index (χ0) is 16.1. The molecule has 3 aromatic carbocycles. The predicted octanol–water partition coefficient (Wildman–Crippen LogP) is 5.88. The maximum atomic E-state index is 6.15. The molecule has 0 radical (unpaired) electrons. The van der Waals surface area contributed by atoms with Gasteiger partial charge in [0.25, 0.3) is 0 Å². The van der Waals surface area contributed by atoms with Crippen LogP contribution in [0.5, 0.6) is 0 Å². The molecule has 0 atom stereocenters. The first-order valence-corrected chi connectivity index (χ1v) is 7.99. The molecule has 0 aliphatic heterocycles. The van der Waals surface area contributed by atoms with Crippen LogP contribution in [0, 0.1) is 0 Å². The normalized spacial score (nSPS) is 10.1. The third kappa shape index (κ3) is 3.89. The molecule has 0 fully saturated rings. The summed E-state index contributed by atoms with van der Waals surface area (Å²) in [5, 5.41) is 4.53. The van der Waals surface area contributed by atoms with Crippen LogP contribution in [-0.4, -0.2) is 5.11 Å². The Morgan fingerprint density at radius 1 is 0.783 bits per heavy atom. The Bertz CT molecular complexity index is 791. The van der Waals surface area contributed by atoms with Gasteiger partial charge in [0.2, 0.25) is 0 Å². The van der Waals surface area contributed by atoms with E-state index >= 15 is 0 Å². The number of hydrogen-bond acceptors (Lipinski definition) is 1. The first-order chi connectivity index (χ1) is 11.2. The Morgan fingerprint density at radius 2 is 1.39 bits per heavy atom. The summed E-state index contributed by atoms with van der Waals surface area (Å²) in [6.07, 6.45) is 0. The molecule has 0 spiro atoms. The van der Waals surface area contributed by atoms with Crippen LogP contribution in [0.1, 0.15) is 0 Å². The lowest BCUT2D eigenvalue weighted by Crippen LogP contribution is -2.30. The summed E-state index contributed by atoms with van der Waals surface area (Å²) >= 11 is 11.8. The number of hydrogen-bond donors (Lipinski definition) is 1. The fourth-order valence-corrected chi connectivity index (χ4v) is 2.79. The standard InChI is InChI=1S/C19H15ClN2S/c20-15-8-7-13-18(14-15)22(17-11-5-2-6-12-17)19(23)21-16-9-3-1-4-10-16/h1-14H,(H,21,23). The second kappa shape index (κ2) is 7.27. The van der Waals surface area contributed by atoms with E-state index in [9.17, 15) is 0 Å². The van der Waals surface area contributed by atoms with Gasteiger partial charge in [-0.25, -0.2) is 0 Å². The van der Waals surface area contributed by atoms with E-state index in [0.29, 0.717) is 10.1 Å². The molecule has 23 heavy (non-hydrogen) atoms. The summed E-state index contributed by atoms with van der Waals surface area (Å²) in [5.41, 5.74) is 2.83. The van der Waals surface area contributed by atoms with Gasteiger partial charge in [-0.15, -0.1) is 0 Å². The minimum Gasteiger partial charge on any atom is -0.332 e. The quantitative estimate of drug-likeness (QED) is 0.601. The Hall–Kier alpha value is -2.36. The molecular weight excluding hydrogens is 324 g/mol. The summed E-state index contributed by atoms with van der Waals surface area (Å²) in [7, 11) is 0. The van der Waals surface area contributed by atoms with Crippen molar-refractivity contribution < 1.29 is 0 Å². The van der Waals surface area contributed by atoms with Crippen LogP contribution in [-0.2, 0) is 0 Å². The van der Waals surface area contributed by atoms with Gasteiger partial charge in [0.05, 0.1) is 0 Å². The van der Waals surface area contributed by atoms with Crippen molar-refractivity contribution >= 4 is 46.0 Å². The SMILES string of the molecule is S=C(Nc1ccccc1)N(c1ccccc1)c1cccc(Cl)c1. The minimum absolute atomic E-state index is 0.588. The van der Waals surface area contributed by atoms with Gasteiger partial charge in [0.15, 0.2) is 5.11 Å². The van der Waals surface area contributed by atoms with Gasteiger partial charge in [-0.3, -0.25) is 4.90 Å². The second-order valence-electron chi connectivity index (χ2n) is 4.95. The second-order valence-corrected chi connectivity index (χ2v) is 5.77. The molecule has 0 aliphatic rings. The van der Waals surface area contributed by atoms with Gasteiger partial charge in [0.1, 0.15) is 0 Å². The summed E-state index contributed by atoms with van der Waals surface area (Å²) in [5.74, 6) is 0. The molecule has 114 valence electrons. The lowest BCUT2D eigenvalue weighted by Gasteiger charge is -2.26. The largest absolute Gasteiger partial charge is 0.332 e. The van der Waals surface area contributed by atoms with Crippen molar-refractivity contribution in [2.45, 2.75) is 0 Å². The van der Waals surface area contributed by atoms with Crippen LogP contribution < -0.4 is 10.2 Å². The highest BCUT2D eigenvalue weighted by atomic mass is 35.5. The van der Waals surface area contributed by atoms with Crippen LogP contribution in [0.3, 0.4) is 0 Å². The molecule has 0 unspecified atom stereocenters. The minimum atomic E-state index is 0.588. The topological polar surface area (TPSA) is 15.3 Å². The molecule has 4 heteroatoms. The van der Waals surface area contributed by atoms with Crippen molar-refractivity contribution in [3.8, 4) is 0 Å². The lowest BCUT2D eigenvalue weighted by molar-refractivity contribution is 1.35. The zero-order valence-electron chi connectivity index (χ0n) is 12.3. The maximum absolute atomic E-state index is 6.15. The molecule has 3 aromatic rings. The fourth-order valence-electron chi connectivity index (χ4n) is 2.28. The van der Waals surface area contributed by atoms with Crippen LogP contribution >= 0.6 is 23.8 Å². The summed E-state index contributed by atoms with van der Waals surface area (Å²) in [6, 6.07) is 27.5. The van der Waals surface area contributed by atoms with Gasteiger partial charge in [-0.1, -0.05) is 54.1 Å². The smallest absolute Gasteiger partial charge is 0.182 e. The molecule has 0 aliphatic carbocycles. The highest BCUT2D eigenvalue weighted by molar-refractivity contribution is 7.80. The Kier molecular flexibility index (Phi) is 4.91. The van der Waals surface area contributed by atoms with E-state index in [4.69, 9.17) is 23.8 Å². The van der Waals surface area contributed by atoms with Crippen molar-refractivity contribution in [1.82, 2.24) is 0 Å². The highest BCUT2D eigenvalue weighted by Crippen LogP contribution is 2.28. The predicted molar refractivity (Wildman–Crippen MR) is 103 cm³/mol. The molecule has 2 nitrogen and oxygen atoms in total. The van der Waals surface area contributed by atoms with E-state index in [1.165, 1.54) is 0 Å². The zero-order valence-corrected chi connectivity index (χ0v) is 13.9. The van der Waals surface area contributed by atoms with Crippen LogP contribution in [0.2, 0.25) is 5.02 Å². The molecule has 0 saturated heterocycles. The van der Waals surface area contributed by atoms with Gasteiger partial charge in [-0.05, 0) is 54.7 Å². The molecular formula is C19H15ClN2S. The van der Waals surface area contributed by atoms with Gasteiger partial charge >= 0.3 is 0 Å². The molecule has 1 N–H and O–H groups in total. The van der Waals surface area contributed by atoms with Crippen molar-refractivity contribution in [3.63, 3.8) is 0 Å². The maximum Gasteiger partial charge on any atom is 0.182 e. The van der Waals surface area contributed by atoms with E-state index in [2.05, 4.69) is 5.32 Å². The third-order valence-corrected chi connectivity index (χ3v) is 3.83. The van der Waals surface area contributed by atoms with Crippen molar-refractivity contribution in [3.05, 3.63) is 90.0 Å². The van der Waals surface area contributed by atoms with E-state index in [0.717, 1.165) is 17.1 Å². The van der Waals surface area contributed by atoms with E-state index < -0.39 is 0 Å². The third-order valence-electron chi connectivity index (χ3n) is 3.31. The number of para-hydroxylation sites is 2. The monoisotopic (exact) mass is 338 g/mol. The highest BCUT2D eigenvalue weighted by Gasteiger charge is 2.15. The van der Waals surface area contributed by atoms with Crippen LogP contribution in [0.15, 0.2) is 84.9 Å². The van der Waals surface area contributed by atoms with Crippen molar-refractivity contribution in [2.24, 2.45) is 0 Å². The number of thiocarbonyl (C=S) groups is 1. The molecule has 0 heterocycles. The first-order valence-electron chi connectivity index (χ1n) is 7.21. The first kappa shape index (κ1) is 15.5.